The van der Waals surface area contributed by atoms with Gasteiger partial charge in [0.05, 0.1) is 6.54 Å². The molecule has 1 aliphatic heterocycles. The average molecular weight is 327 g/mol. The number of fused-ring (bicyclic) bond motifs is 1. The van der Waals surface area contributed by atoms with Crippen LogP contribution in [0, 0.1) is 17.8 Å². The number of amides is 1. The van der Waals surface area contributed by atoms with Gasteiger partial charge in [0.15, 0.2) is 11.5 Å². The lowest BCUT2D eigenvalue weighted by atomic mass is 10.0. The zero-order valence-corrected chi connectivity index (χ0v) is 14.5. The Balaban J connectivity index is 1.45. The molecule has 0 unspecified atom stereocenters. The topological polar surface area (TPSA) is 47.6 Å². The molecule has 1 aromatic carbocycles. The molecule has 3 rings (SSSR count). The number of nitrogens with one attached hydrogen (secondary N) is 1. The fourth-order valence-corrected chi connectivity index (χ4v) is 3.39. The predicted molar refractivity (Wildman–Crippen MR) is 93.1 cm³/mol. The molecule has 0 atom stereocenters. The van der Waals surface area contributed by atoms with Crippen LogP contribution in [0.15, 0.2) is 18.2 Å². The van der Waals surface area contributed by atoms with E-state index < -0.39 is 0 Å². The second-order valence-electron chi connectivity index (χ2n) is 7.12. The highest BCUT2D eigenvalue weighted by Crippen LogP contribution is 2.41. The highest BCUT2D eigenvalue weighted by atomic mass is 16.5. The van der Waals surface area contributed by atoms with Gasteiger partial charge in [-0.1, -0.05) is 36.8 Å². The summed E-state index contributed by atoms with van der Waals surface area (Å²) in [4.78, 5) is 11.9. The zero-order valence-electron chi connectivity index (χ0n) is 14.5. The second kappa shape index (κ2) is 7.17. The Labute approximate surface area is 143 Å². The summed E-state index contributed by atoms with van der Waals surface area (Å²) in [7, 11) is 0. The van der Waals surface area contributed by atoms with Crippen LogP contribution in [0.25, 0.3) is 0 Å². The van der Waals surface area contributed by atoms with E-state index in [4.69, 9.17) is 9.47 Å². The molecule has 0 radical (unpaired) electrons. The molecule has 2 aliphatic rings. The highest BCUT2D eigenvalue weighted by Gasteiger charge is 2.32. The smallest absolute Gasteiger partial charge is 0.223 e. The first-order valence-electron chi connectivity index (χ1n) is 8.72. The third-order valence-electron chi connectivity index (χ3n) is 4.56. The molecule has 0 spiro atoms. The third kappa shape index (κ3) is 4.03. The molecule has 24 heavy (non-hydrogen) atoms. The first-order valence-corrected chi connectivity index (χ1v) is 8.72. The molecule has 1 fully saturated rings. The molecule has 0 aromatic heterocycles. The Morgan fingerprint density at radius 2 is 2.12 bits per heavy atom. The Bertz CT molecular complexity index is 663. The number of carbonyl (C=O) groups excluding carboxylic acids is 1. The average Bonchev–Trinajstić information content (AvgIpc) is 3.16. The maximum Gasteiger partial charge on any atom is 0.223 e. The largest absolute Gasteiger partial charge is 0.483 e. The van der Waals surface area contributed by atoms with E-state index in [1.165, 1.54) is 5.56 Å². The Morgan fingerprint density at radius 1 is 1.33 bits per heavy atom. The highest BCUT2D eigenvalue weighted by molar-refractivity contribution is 5.79. The van der Waals surface area contributed by atoms with Crippen molar-refractivity contribution in [2.75, 3.05) is 13.2 Å². The number of para-hydroxylation sites is 1. The summed E-state index contributed by atoms with van der Waals surface area (Å²) < 4.78 is 11.7. The fraction of sp³-hybridized carbons (Fsp3) is 0.550. The van der Waals surface area contributed by atoms with Gasteiger partial charge < -0.3 is 14.8 Å². The van der Waals surface area contributed by atoms with Gasteiger partial charge in [-0.2, -0.15) is 0 Å². The third-order valence-corrected chi connectivity index (χ3v) is 4.56. The molecule has 1 heterocycles. The number of hydrogen-bond acceptors (Lipinski definition) is 3. The number of carbonyl (C=O) groups is 1. The molecule has 4 nitrogen and oxygen atoms in total. The quantitative estimate of drug-likeness (QED) is 0.865. The van der Waals surface area contributed by atoms with Crippen molar-refractivity contribution in [2.24, 2.45) is 5.92 Å². The van der Waals surface area contributed by atoms with Crippen molar-refractivity contribution in [2.45, 2.75) is 51.6 Å². The molecule has 1 amide bonds. The van der Waals surface area contributed by atoms with Crippen molar-refractivity contribution in [3.8, 4) is 23.3 Å². The zero-order chi connectivity index (χ0) is 17.0. The second-order valence-corrected chi connectivity index (χ2v) is 7.12. The van der Waals surface area contributed by atoms with Crippen molar-refractivity contribution in [3.05, 3.63) is 23.8 Å². The number of ether oxygens (including phenoxy) is 2. The van der Waals surface area contributed by atoms with E-state index in [0.717, 1.165) is 43.6 Å². The molecule has 1 aliphatic carbocycles. The molecule has 1 aromatic rings. The van der Waals surface area contributed by atoms with Gasteiger partial charge in [0, 0.05) is 17.9 Å². The first-order chi connectivity index (χ1) is 11.6. The van der Waals surface area contributed by atoms with Crippen LogP contribution in [0.2, 0.25) is 0 Å². The Kier molecular flexibility index (Phi) is 4.99. The van der Waals surface area contributed by atoms with Crippen LogP contribution in [-0.2, 0) is 11.2 Å². The van der Waals surface area contributed by atoms with Crippen LogP contribution in [0.5, 0.6) is 11.5 Å². The van der Waals surface area contributed by atoms with Gasteiger partial charge in [0.25, 0.3) is 0 Å². The van der Waals surface area contributed by atoms with Crippen molar-refractivity contribution >= 4 is 5.91 Å². The summed E-state index contributed by atoms with van der Waals surface area (Å²) in [5.41, 5.74) is 0.993. The van der Waals surface area contributed by atoms with E-state index in [9.17, 15) is 4.79 Å². The normalized spacial score (nSPS) is 18.2. The van der Waals surface area contributed by atoms with E-state index in [1.807, 2.05) is 12.1 Å². The minimum absolute atomic E-state index is 0.138. The van der Waals surface area contributed by atoms with E-state index in [-0.39, 0.29) is 17.4 Å². The fourth-order valence-electron chi connectivity index (χ4n) is 3.39. The summed E-state index contributed by atoms with van der Waals surface area (Å²) in [6, 6.07) is 5.96. The van der Waals surface area contributed by atoms with Crippen molar-refractivity contribution in [1.29, 1.82) is 0 Å². The van der Waals surface area contributed by atoms with Gasteiger partial charge in [-0.15, -0.1) is 0 Å². The number of benzene rings is 1. The number of hydrogen-bond donors (Lipinski definition) is 1. The molecule has 128 valence electrons. The first kappa shape index (κ1) is 16.7. The molecular formula is C20H25NO3. The van der Waals surface area contributed by atoms with Crippen LogP contribution in [-0.4, -0.2) is 24.7 Å². The minimum atomic E-state index is -0.183. The van der Waals surface area contributed by atoms with Crippen LogP contribution in [0.3, 0.4) is 0 Å². The van der Waals surface area contributed by atoms with Crippen LogP contribution < -0.4 is 14.8 Å². The molecular weight excluding hydrogens is 302 g/mol. The Morgan fingerprint density at radius 3 is 2.92 bits per heavy atom. The van der Waals surface area contributed by atoms with Gasteiger partial charge >= 0.3 is 0 Å². The van der Waals surface area contributed by atoms with Gasteiger partial charge in [0.1, 0.15) is 12.2 Å². The SMILES string of the molecule is CC1(C)Cc2cccc(OCC#CCNC(=O)C3CCCC3)c2O1. The van der Waals surface area contributed by atoms with Crippen molar-refractivity contribution in [1.82, 2.24) is 5.32 Å². The lowest BCUT2D eigenvalue weighted by molar-refractivity contribution is -0.124. The Hall–Kier alpha value is -2.15. The maximum absolute atomic E-state index is 11.9. The van der Waals surface area contributed by atoms with E-state index in [2.05, 4.69) is 37.1 Å². The standard InChI is InChI=1S/C20H25NO3/c1-20(2)14-16-10-7-11-17(18(16)24-20)23-13-6-5-12-21-19(22)15-8-3-4-9-15/h7,10-11,15H,3-4,8-9,12-14H2,1-2H3,(H,21,22). The minimum Gasteiger partial charge on any atom is -0.483 e. The summed E-state index contributed by atoms with van der Waals surface area (Å²) in [5, 5.41) is 2.88. The van der Waals surface area contributed by atoms with E-state index in [0.29, 0.717) is 13.2 Å². The van der Waals surface area contributed by atoms with Crippen molar-refractivity contribution in [3.63, 3.8) is 0 Å². The van der Waals surface area contributed by atoms with E-state index in [1.54, 1.807) is 0 Å². The van der Waals surface area contributed by atoms with Gasteiger partial charge in [-0.3, -0.25) is 4.79 Å². The summed E-state index contributed by atoms with van der Waals surface area (Å²) >= 11 is 0. The summed E-state index contributed by atoms with van der Waals surface area (Å²) in [6.45, 7) is 4.82. The van der Waals surface area contributed by atoms with Crippen LogP contribution in [0.4, 0.5) is 0 Å². The van der Waals surface area contributed by atoms with Crippen LogP contribution >= 0.6 is 0 Å². The lowest BCUT2D eigenvalue weighted by Gasteiger charge is -2.17. The van der Waals surface area contributed by atoms with Crippen molar-refractivity contribution < 1.29 is 14.3 Å². The lowest BCUT2D eigenvalue weighted by Crippen LogP contribution is -2.29. The van der Waals surface area contributed by atoms with Gasteiger partial charge in [-0.25, -0.2) is 0 Å². The van der Waals surface area contributed by atoms with Gasteiger partial charge in [0.2, 0.25) is 5.91 Å². The van der Waals surface area contributed by atoms with Crippen LogP contribution in [0.1, 0.15) is 45.1 Å². The van der Waals surface area contributed by atoms with E-state index >= 15 is 0 Å². The number of rotatable bonds is 4. The van der Waals surface area contributed by atoms with Gasteiger partial charge in [-0.05, 0) is 32.8 Å². The molecule has 0 saturated heterocycles. The summed E-state index contributed by atoms with van der Waals surface area (Å²) in [6.07, 6.45) is 5.24. The predicted octanol–water partition coefficient (Wildman–Crippen LogP) is 3.09. The molecule has 0 bridgehead atoms. The monoisotopic (exact) mass is 327 g/mol. The molecule has 1 N–H and O–H groups in total. The summed E-state index contributed by atoms with van der Waals surface area (Å²) in [5.74, 6) is 7.79. The maximum atomic E-state index is 11.9. The molecule has 4 heteroatoms. The molecule has 1 saturated carbocycles.